The monoisotopic (exact) mass is 332 g/mol. The van der Waals surface area contributed by atoms with Gasteiger partial charge in [-0.15, -0.1) is 0 Å². The molecular weight excluding hydrogens is 322 g/mol. The smallest absolute Gasteiger partial charge is 1.00 e. The van der Waals surface area contributed by atoms with Crippen LogP contribution in [0.5, 0.6) is 0 Å². The Morgan fingerprint density at radius 2 is 1.95 bits per heavy atom. The van der Waals surface area contributed by atoms with E-state index in [0.717, 1.165) is 5.06 Å². The molecule has 2 aliphatic rings. The fourth-order valence-corrected chi connectivity index (χ4v) is 1.71. The van der Waals surface area contributed by atoms with Crippen LogP contribution in [0.2, 0.25) is 0 Å². The van der Waals surface area contributed by atoms with Crippen molar-refractivity contribution in [3.8, 4) is 0 Å². The molecule has 0 bridgehead atoms. The van der Waals surface area contributed by atoms with Gasteiger partial charge in [-0.05, 0) is 0 Å². The van der Waals surface area contributed by atoms with Gasteiger partial charge in [0.05, 0.1) is 6.20 Å². The number of nitrogens with zero attached hydrogens (tertiary/aromatic N) is 3. The normalized spacial score (nSPS) is 15.7. The van der Waals surface area contributed by atoms with Crippen LogP contribution in [0.4, 0.5) is 11.5 Å². The zero-order valence-corrected chi connectivity index (χ0v) is 17.1. The summed E-state index contributed by atoms with van der Waals surface area (Å²) in [6.45, 7) is -0.208. The summed E-state index contributed by atoms with van der Waals surface area (Å²) in [7, 11) is 0. The van der Waals surface area contributed by atoms with Crippen LogP contribution in [-0.2, 0) is 0 Å². The number of aliphatic imine (C=N–C) groups is 1. The summed E-state index contributed by atoms with van der Waals surface area (Å²) in [5.41, 5.74) is -1.15. The Kier molecular flexibility index (Phi) is 6.83. The van der Waals surface area contributed by atoms with Crippen molar-refractivity contribution < 1.29 is 116 Å². The largest absolute Gasteiger partial charge is 1.00 e. The molecule has 0 amide bonds. The third-order valence-corrected chi connectivity index (χ3v) is 2.44. The Bertz CT molecular complexity index is 705. The minimum Gasteiger partial charge on any atom is -1.00 e. The molecule has 1 aromatic heterocycles. The van der Waals surface area contributed by atoms with Crippen molar-refractivity contribution in [2.75, 3.05) is 12.0 Å². The molecule has 3 rings (SSSR count). The van der Waals surface area contributed by atoms with E-state index < -0.39 is 11.2 Å². The number of amidine groups is 1. The van der Waals surface area contributed by atoms with E-state index in [-0.39, 0.29) is 135 Å². The molecule has 1 aromatic rings. The van der Waals surface area contributed by atoms with Crippen LogP contribution in [0, 0.1) is 0 Å². The second-order valence-electron chi connectivity index (χ2n) is 3.72. The zero-order valence-electron chi connectivity index (χ0n) is 12.8. The molecular formula is C8H10K2N6O4. The Balaban J connectivity index is 0. The summed E-state index contributed by atoms with van der Waals surface area (Å²) in [4.78, 5) is 31.0. The minimum absolute atomic E-state index is 0. The second-order valence-corrected chi connectivity index (χ2v) is 3.72. The number of hydrogen-bond acceptors (Lipinski definition) is 8. The predicted molar refractivity (Wildman–Crippen MR) is 60.8 cm³/mol. The predicted octanol–water partition coefficient (Wildman–Crippen LogP) is -7.05. The van der Waals surface area contributed by atoms with E-state index >= 15 is 0 Å². The van der Waals surface area contributed by atoms with E-state index in [1.807, 2.05) is 4.98 Å². The van der Waals surface area contributed by atoms with E-state index in [4.69, 9.17) is 0 Å². The first-order valence-corrected chi connectivity index (χ1v) is 4.91. The van der Waals surface area contributed by atoms with Crippen LogP contribution < -0.4 is 119 Å². The van der Waals surface area contributed by atoms with Gasteiger partial charge in [-0.1, -0.05) is 0 Å². The average molecular weight is 332 g/mol. The fourth-order valence-electron chi connectivity index (χ4n) is 1.71. The Hall–Kier alpha value is 0.683. The Labute approximate surface area is 199 Å². The van der Waals surface area contributed by atoms with Gasteiger partial charge in [0.25, 0.3) is 5.56 Å². The summed E-state index contributed by atoms with van der Waals surface area (Å²) in [6, 6.07) is 0. The molecule has 0 saturated heterocycles. The molecule has 12 heteroatoms. The number of aromatic nitrogens is 2. The maximum absolute atomic E-state index is 11.5. The number of hydroxylamine groups is 4. The summed E-state index contributed by atoms with van der Waals surface area (Å²) in [6.07, 6.45) is 1.27. The number of fused-ring (bicyclic) bond motifs is 2. The number of rotatable bonds is 0. The summed E-state index contributed by atoms with van der Waals surface area (Å²) >= 11 is 0. The zero-order chi connectivity index (χ0) is 12.9. The van der Waals surface area contributed by atoms with E-state index in [1.54, 1.807) is 0 Å². The third kappa shape index (κ3) is 3.53. The maximum atomic E-state index is 11.5. The molecule has 0 atom stereocenters. The molecule has 0 unspecified atom stereocenters. The number of nitrogens with one attached hydrogen (secondary N) is 3. The first kappa shape index (κ1) is 18.7. The Morgan fingerprint density at radius 1 is 1.25 bits per heavy atom. The first-order chi connectivity index (χ1) is 8.54. The second kappa shape index (κ2) is 7.30. The topological polar surface area (TPSA) is 137 Å². The van der Waals surface area contributed by atoms with Gasteiger partial charge < -0.3 is 8.17 Å². The van der Waals surface area contributed by atoms with Crippen molar-refractivity contribution in [2.24, 2.45) is 4.99 Å². The van der Waals surface area contributed by atoms with Crippen molar-refractivity contribution >= 4 is 17.3 Å². The van der Waals surface area contributed by atoms with Gasteiger partial charge in [0.1, 0.15) is 18.2 Å². The molecule has 0 fully saturated rings. The maximum Gasteiger partial charge on any atom is 1.00 e. The molecule has 5 N–H and O–H groups in total. The molecule has 10 nitrogen and oxygen atoms in total. The van der Waals surface area contributed by atoms with Crippen LogP contribution in [0.15, 0.2) is 26.5 Å². The standard InChI is InChI=1S/C8H8N6O4.2K.2H/c15-7-4-5(11-8(16)12-7)9-3-1-13(17)2-14(18)6(3)10-4;;;;/h1,17-18H,2H2,(H3,9,11,12,15,16);;;;/q;2*+1;2*-1. The average Bonchev–Trinajstić information content (AvgIpc) is 2.26. The van der Waals surface area contributed by atoms with Crippen molar-refractivity contribution in [1.82, 2.24) is 20.1 Å². The summed E-state index contributed by atoms with van der Waals surface area (Å²) < 4.78 is 0. The number of anilines is 1. The van der Waals surface area contributed by atoms with E-state index in [0.29, 0.717) is 5.06 Å². The van der Waals surface area contributed by atoms with Crippen LogP contribution in [0.3, 0.4) is 0 Å². The van der Waals surface area contributed by atoms with Crippen LogP contribution >= 0.6 is 0 Å². The van der Waals surface area contributed by atoms with Crippen molar-refractivity contribution in [1.29, 1.82) is 0 Å². The van der Waals surface area contributed by atoms with Gasteiger partial charge in [-0.2, -0.15) is 0 Å². The molecule has 20 heavy (non-hydrogen) atoms. The van der Waals surface area contributed by atoms with Gasteiger partial charge in [0, 0.05) is 0 Å². The molecule has 3 heterocycles. The first-order valence-electron chi connectivity index (χ1n) is 4.91. The van der Waals surface area contributed by atoms with Gasteiger partial charge in [-0.25, -0.2) is 19.9 Å². The van der Waals surface area contributed by atoms with Crippen molar-refractivity contribution in [2.45, 2.75) is 0 Å². The summed E-state index contributed by atoms with van der Waals surface area (Å²) in [5, 5.41) is 23.0. The third-order valence-electron chi connectivity index (χ3n) is 2.44. The van der Waals surface area contributed by atoms with E-state index in [1.165, 1.54) is 6.20 Å². The van der Waals surface area contributed by atoms with Crippen molar-refractivity contribution in [3.05, 3.63) is 32.7 Å². The van der Waals surface area contributed by atoms with Gasteiger partial charge in [0.15, 0.2) is 11.5 Å². The molecule has 98 valence electrons. The van der Waals surface area contributed by atoms with Crippen LogP contribution in [-0.4, -0.2) is 43.0 Å². The van der Waals surface area contributed by atoms with Gasteiger partial charge in [-0.3, -0.25) is 25.2 Å². The molecule has 0 saturated carbocycles. The number of hydrogen-bond donors (Lipinski definition) is 5. The number of aromatic amines is 2. The van der Waals surface area contributed by atoms with Crippen molar-refractivity contribution in [3.63, 3.8) is 0 Å². The molecule has 0 aromatic carbocycles. The SMILES string of the molecule is O=c1[nH]c2c(c(=O)[nH]1)N=C1C(=CN(O)CN1O)N2.[H-].[H-].[K+].[K+]. The minimum atomic E-state index is -0.678. The molecule has 0 aliphatic carbocycles. The van der Waals surface area contributed by atoms with Gasteiger partial charge >= 0.3 is 108 Å². The van der Waals surface area contributed by atoms with E-state index in [2.05, 4.69) is 15.3 Å². The number of H-pyrrole nitrogens is 2. The fraction of sp³-hybridized carbons (Fsp3) is 0.125. The van der Waals surface area contributed by atoms with Crippen LogP contribution in [0.25, 0.3) is 0 Å². The van der Waals surface area contributed by atoms with Crippen LogP contribution in [0.1, 0.15) is 2.85 Å². The Morgan fingerprint density at radius 3 is 2.65 bits per heavy atom. The molecule has 2 aliphatic heterocycles. The van der Waals surface area contributed by atoms with Gasteiger partial charge in [0.2, 0.25) is 0 Å². The molecule has 0 spiro atoms. The quantitative estimate of drug-likeness (QED) is 0.298. The summed E-state index contributed by atoms with van der Waals surface area (Å²) in [5.74, 6) is 0.174. The van der Waals surface area contributed by atoms with E-state index in [9.17, 15) is 20.0 Å². The molecule has 0 radical (unpaired) electrons.